The van der Waals surface area contributed by atoms with Gasteiger partial charge in [0.2, 0.25) is 0 Å². The fourth-order valence-corrected chi connectivity index (χ4v) is 1.10. The predicted molar refractivity (Wildman–Crippen MR) is 56.6 cm³/mol. The van der Waals surface area contributed by atoms with Gasteiger partial charge in [0.05, 0.1) is 13.0 Å². The summed E-state index contributed by atoms with van der Waals surface area (Å²) in [5.41, 5.74) is 0. The first-order valence-electron chi connectivity index (χ1n) is 4.97. The minimum atomic E-state index is -0.776. The largest absolute Gasteiger partial charge is 0.466 e. The van der Waals surface area contributed by atoms with Crippen molar-refractivity contribution in [3.63, 3.8) is 0 Å². The van der Waals surface area contributed by atoms with E-state index in [1.807, 2.05) is 0 Å². The van der Waals surface area contributed by atoms with Gasteiger partial charge in [-0.2, -0.15) is 0 Å². The van der Waals surface area contributed by atoms with E-state index >= 15 is 0 Å². The summed E-state index contributed by atoms with van der Waals surface area (Å²) in [6, 6.07) is 0. The van der Waals surface area contributed by atoms with E-state index in [-0.39, 0.29) is 25.2 Å². The van der Waals surface area contributed by atoms with E-state index < -0.39 is 18.0 Å². The van der Waals surface area contributed by atoms with E-state index in [0.29, 0.717) is 0 Å². The molecule has 0 saturated heterocycles. The summed E-state index contributed by atoms with van der Waals surface area (Å²) in [6.07, 6.45) is 0.179. The van der Waals surface area contributed by atoms with Crippen molar-refractivity contribution in [2.45, 2.75) is 32.8 Å². The molecule has 0 aromatic heterocycles. The molecule has 0 aromatic rings. The molecule has 0 aromatic carbocycles. The standard InChI is InChI=1S/C11H16O5/c1-4-9(13)6-10(16-8(3)12)7-11(14)15-5-2/h4,10H,1,5-7H2,2-3H3. The second-order valence-electron chi connectivity index (χ2n) is 3.12. The summed E-state index contributed by atoms with van der Waals surface area (Å²) in [6.45, 7) is 6.45. The van der Waals surface area contributed by atoms with Gasteiger partial charge >= 0.3 is 11.9 Å². The van der Waals surface area contributed by atoms with Gasteiger partial charge in [-0.25, -0.2) is 0 Å². The van der Waals surface area contributed by atoms with Crippen molar-refractivity contribution in [1.29, 1.82) is 0 Å². The van der Waals surface area contributed by atoms with Crippen LogP contribution in [0, 0.1) is 0 Å². The Morgan fingerprint density at radius 2 is 1.94 bits per heavy atom. The Hall–Kier alpha value is -1.65. The van der Waals surface area contributed by atoms with Crippen LogP contribution in [0.15, 0.2) is 12.7 Å². The van der Waals surface area contributed by atoms with Crippen molar-refractivity contribution < 1.29 is 23.9 Å². The van der Waals surface area contributed by atoms with Gasteiger partial charge in [-0.05, 0) is 13.0 Å². The molecule has 0 aliphatic carbocycles. The molecular weight excluding hydrogens is 212 g/mol. The molecule has 0 amide bonds. The third kappa shape index (κ3) is 6.75. The number of esters is 2. The third-order valence-electron chi connectivity index (χ3n) is 1.69. The average Bonchev–Trinajstić information content (AvgIpc) is 2.16. The Bertz CT molecular complexity index is 282. The molecule has 0 rings (SSSR count). The van der Waals surface area contributed by atoms with E-state index in [4.69, 9.17) is 9.47 Å². The highest BCUT2D eigenvalue weighted by atomic mass is 16.6. The first-order valence-corrected chi connectivity index (χ1v) is 4.97. The molecule has 0 heterocycles. The zero-order valence-electron chi connectivity index (χ0n) is 9.52. The Kier molecular flexibility index (Phi) is 6.83. The molecule has 0 aliphatic rings. The minimum absolute atomic E-state index is 0.0537. The van der Waals surface area contributed by atoms with Crippen molar-refractivity contribution in [3.05, 3.63) is 12.7 Å². The lowest BCUT2D eigenvalue weighted by atomic mass is 10.1. The second kappa shape index (κ2) is 7.62. The number of carbonyl (C=O) groups excluding carboxylic acids is 3. The summed E-state index contributed by atoms with van der Waals surface area (Å²) >= 11 is 0. The summed E-state index contributed by atoms with van der Waals surface area (Å²) < 4.78 is 9.53. The van der Waals surface area contributed by atoms with E-state index in [2.05, 4.69) is 6.58 Å². The maximum Gasteiger partial charge on any atom is 0.309 e. The van der Waals surface area contributed by atoms with Crippen LogP contribution in [-0.4, -0.2) is 30.4 Å². The maximum atomic E-state index is 11.2. The minimum Gasteiger partial charge on any atom is -0.466 e. The van der Waals surface area contributed by atoms with Crippen LogP contribution in [0.3, 0.4) is 0 Å². The number of carbonyl (C=O) groups is 3. The van der Waals surface area contributed by atoms with Gasteiger partial charge in [-0.1, -0.05) is 6.58 Å². The highest BCUT2D eigenvalue weighted by Crippen LogP contribution is 2.07. The predicted octanol–water partition coefficient (Wildman–Crippen LogP) is 1.02. The van der Waals surface area contributed by atoms with E-state index in [9.17, 15) is 14.4 Å². The van der Waals surface area contributed by atoms with E-state index in [1.54, 1.807) is 6.92 Å². The normalized spacial score (nSPS) is 11.4. The number of hydrogen-bond donors (Lipinski definition) is 0. The first-order chi connectivity index (χ1) is 7.49. The van der Waals surface area contributed by atoms with Crippen molar-refractivity contribution >= 4 is 17.7 Å². The number of rotatable bonds is 7. The molecule has 1 unspecified atom stereocenters. The van der Waals surface area contributed by atoms with Crippen molar-refractivity contribution in [3.8, 4) is 0 Å². The van der Waals surface area contributed by atoms with Gasteiger partial charge in [0.1, 0.15) is 6.10 Å². The maximum absolute atomic E-state index is 11.2. The number of ether oxygens (including phenoxy) is 2. The Morgan fingerprint density at radius 1 is 1.31 bits per heavy atom. The van der Waals surface area contributed by atoms with Crippen LogP contribution in [0.2, 0.25) is 0 Å². The van der Waals surface area contributed by atoms with Crippen LogP contribution in [0.1, 0.15) is 26.7 Å². The van der Waals surface area contributed by atoms with E-state index in [0.717, 1.165) is 6.08 Å². The molecule has 0 radical (unpaired) electrons. The monoisotopic (exact) mass is 228 g/mol. The van der Waals surface area contributed by atoms with Crippen LogP contribution in [0.25, 0.3) is 0 Å². The van der Waals surface area contributed by atoms with Gasteiger partial charge < -0.3 is 9.47 Å². The van der Waals surface area contributed by atoms with Crippen molar-refractivity contribution in [2.75, 3.05) is 6.61 Å². The van der Waals surface area contributed by atoms with Gasteiger partial charge in [-0.3, -0.25) is 14.4 Å². The molecule has 0 fully saturated rings. The highest BCUT2D eigenvalue weighted by Gasteiger charge is 2.19. The molecule has 0 aliphatic heterocycles. The Labute approximate surface area is 94.4 Å². The quantitative estimate of drug-likeness (QED) is 0.480. The second-order valence-corrected chi connectivity index (χ2v) is 3.12. The Morgan fingerprint density at radius 3 is 2.38 bits per heavy atom. The summed E-state index contributed by atoms with van der Waals surface area (Å²) in [5.74, 6) is -1.31. The highest BCUT2D eigenvalue weighted by molar-refractivity contribution is 5.90. The smallest absolute Gasteiger partial charge is 0.309 e. The Balaban J connectivity index is 4.30. The summed E-state index contributed by atoms with van der Waals surface area (Å²) in [5, 5.41) is 0. The molecule has 0 spiro atoms. The molecule has 0 N–H and O–H groups in total. The van der Waals surface area contributed by atoms with Crippen LogP contribution < -0.4 is 0 Å². The molecule has 16 heavy (non-hydrogen) atoms. The molecule has 5 nitrogen and oxygen atoms in total. The fourth-order valence-electron chi connectivity index (χ4n) is 1.10. The topological polar surface area (TPSA) is 69.7 Å². The van der Waals surface area contributed by atoms with Crippen LogP contribution in [0.5, 0.6) is 0 Å². The fraction of sp³-hybridized carbons (Fsp3) is 0.545. The van der Waals surface area contributed by atoms with Gasteiger partial charge in [0, 0.05) is 13.3 Å². The lowest BCUT2D eigenvalue weighted by molar-refractivity contribution is -0.153. The summed E-state index contributed by atoms with van der Waals surface area (Å²) in [7, 11) is 0. The lowest BCUT2D eigenvalue weighted by Crippen LogP contribution is -2.24. The van der Waals surface area contributed by atoms with Gasteiger partial charge in [0.15, 0.2) is 5.78 Å². The zero-order chi connectivity index (χ0) is 12.6. The molecule has 5 heteroatoms. The average molecular weight is 228 g/mol. The van der Waals surface area contributed by atoms with Crippen LogP contribution in [-0.2, 0) is 23.9 Å². The molecule has 90 valence electrons. The summed E-state index contributed by atoms with van der Waals surface area (Å²) in [4.78, 5) is 33.0. The molecular formula is C11H16O5. The third-order valence-corrected chi connectivity index (χ3v) is 1.69. The van der Waals surface area contributed by atoms with Crippen molar-refractivity contribution in [2.24, 2.45) is 0 Å². The van der Waals surface area contributed by atoms with Gasteiger partial charge in [-0.15, -0.1) is 0 Å². The van der Waals surface area contributed by atoms with Gasteiger partial charge in [0.25, 0.3) is 0 Å². The van der Waals surface area contributed by atoms with Crippen LogP contribution in [0.4, 0.5) is 0 Å². The zero-order valence-corrected chi connectivity index (χ0v) is 9.52. The first kappa shape index (κ1) is 14.3. The lowest BCUT2D eigenvalue weighted by Gasteiger charge is -2.14. The molecule has 1 atom stereocenters. The van der Waals surface area contributed by atoms with E-state index in [1.165, 1.54) is 6.92 Å². The number of allylic oxidation sites excluding steroid dienone is 1. The molecule has 0 saturated carbocycles. The number of hydrogen-bond acceptors (Lipinski definition) is 5. The van der Waals surface area contributed by atoms with Crippen molar-refractivity contribution in [1.82, 2.24) is 0 Å². The molecule has 0 bridgehead atoms. The SMILES string of the molecule is C=CC(=O)CC(CC(=O)OCC)OC(C)=O. The van der Waals surface area contributed by atoms with Crippen LogP contribution >= 0.6 is 0 Å². The number of ketones is 1.